The summed E-state index contributed by atoms with van der Waals surface area (Å²) in [4.78, 5) is 2.17. The maximum absolute atomic E-state index is 5.62. The molecule has 0 aliphatic carbocycles. The number of ether oxygens (including phenoxy) is 1. The van der Waals surface area contributed by atoms with Crippen molar-refractivity contribution in [2.24, 2.45) is 0 Å². The molecule has 80 valence electrons. The van der Waals surface area contributed by atoms with Crippen molar-refractivity contribution >= 4 is 8.07 Å². The Hall–Kier alpha value is -0.543. The van der Waals surface area contributed by atoms with E-state index in [2.05, 4.69) is 42.9 Å². The second kappa shape index (κ2) is 5.37. The third-order valence-electron chi connectivity index (χ3n) is 2.14. The molecule has 3 heteroatoms. The van der Waals surface area contributed by atoms with E-state index in [4.69, 9.17) is 4.74 Å². The maximum atomic E-state index is 5.62. The SMILES string of the molecule is C[Si](C)(C)CCOCN1C=CC=CC1. The van der Waals surface area contributed by atoms with E-state index in [1.807, 2.05) is 6.08 Å². The lowest BCUT2D eigenvalue weighted by atomic mass is 10.4. The minimum atomic E-state index is -0.919. The van der Waals surface area contributed by atoms with Crippen LogP contribution < -0.4 is 0 Å². The lowest BCUT2D eigenvalue weighted by Crippen LogP contribution is -2.26. The fourth-order valence-corrected chi connectivity index (χ4v) is 1.92. The number of hydrogen-bond donors (Lipinski definition) is 0. The summed E-state index contributed by atoms with van der Waals surface area (Å²) in [6, 6.07) is 1.25. The van der Waals surface area contributed by atoms with Gasteiger partial charge in [0, 0.05) is 27.4 Å². The van der Waals surface area contributed by atoms with Gasteiger partial charge >= 0.3 is 0 Å². The summed E-state index contributed by atoms with van der Waals surface area (Å²) in [5, 5.41) is 0. The molecule has 0 spiro atoms. The molecule has 1 aliphatic rings. The largest absolute Gasteiger partial charge is 0.361 e. The molecule has 1 heterocycles. The molecule has 0 aromatic rings. The van der Waals surface area contributed by atoms with Crippen LogP contribution in [-0.4, -0.2) is 32.9 Å². The van der Waals surface area contributed by atoms with Gasteiger partial charge in [0.15, 0.2) is 0 Å². The molecule has 2 nitrogen and oxygen atoms in total. The van der Waals surface area contributed by atoms with Crippen LogP contribution in [0.25, 0.3) is 0 Å². The quantitative estimate of drug-likeness (QED) is 0.512. The zero-order valence-corrected chi connectivity index (χ0v) is 10.5. The fraction of sp³-hybridized carbons (Fsp3) is 0.636. The normalized spacial score (nSPS) is 16.4. The molecule has 0 aromatic carbocycles. The highest BCUT2D eigenvalue weighted by Gasteiger charge is 2.12. The van der Waals surface area contributed by atoms with Crippen molar-refractivity contribution in [3.63, 3.8) is 0 Å². The van der Waals surface area contributed by atoms with Gasteiger partial charge in [-0.2, -0.15) is 0 Å². The molecule has 0 radical (unpaired) electrons. The first-order chi connectivity index (χ1) is 6.58. The number of rotatable bonds is 5. The van der Waals surface area contributed by atoms with Gasteiger partial charge in [0.2, 0.25) is 0 Å². The molecular formula is C11H21NOSi. The first-order valence-corrected chi connectivity index (χ1v) is 8.94. The van der Waals surface area contributed by atoms with Crippen molar-refractivity contribution in [2.75, 3.05) is 19.9 Å². The Balaban J connectivity index is 2.04. The fourth-order valence-electron chi connectivity index (χ4n) is 1.16. The summed E-state index contributed by atoms with van der Waals surface area (Å²) in [5.74, 6) is 0. The summed E-state index contributed by atoms with van der Waals surface area (Å²) < 4.78 is 5.62. The van der Waals surface area contributed by atoms with Gasteiger partial charge in [0.05, 0.1) is 0 Å². The van der Waals surface area contributed by atoms with Crippen molar-refractivity contribution in [1.29, 1.82) is 0 Å². The van der Waals surface area contributed by atoms with Crippen LogP contribution in [0.15, 0.2) is 24.4 Å². The topological polar surface area (TPSA) is 12.5 Å². The molecule has 0 atom stereocenters. The second-order valence-electron chi connectivity index (χ2n) is 4.89. The highest BCUT2D eigenvalue weighted by Crippen LogP contribution is 2.08. The molecular weight excluding hydrogens is 190 g/mol. The van der Waals surface area contributed by atoms with Gasteiger partial charge in [-0.05, 0) is 12.1 Å². The van der Waals surface area contributed by atoms with Gasteiger partial charge in [0.1, 0.15) is 6.73 Å². The minimum absolute atomic E-state index is 0.727. The van der Waals surface area contributed by atoms with Crippen LogP contribution in [0.5, 0.6) is 0 Å². The molecule has 0 amide bonds. The molecule has 1 aliphatic heterocycles. The van der Waals surface area contributed by atoms with Crippen molar-refractivity contribution in [2.45, 2.75) is 25.7 Å². The molecule has 0 unspecified atom stereocenters. The van der Waals surface area contributed by atoms with E-state index in [-0.39, 0.29) is 0 Å². The van der Waals surface area contributed by atoms with Crippen LogP contribution in [-0.2, 0) is 4.74 Å². The van der Waals surface area contributed by atoms with Crippen molar-refractivity contribution in [1.82, 2.24) is 4.90 Å². The van der Waals surface area contributed by atoms with Gasteiger partial charge in [0.25, 0.3) is 0 Å². The Bertz CT molecular complexity index is 218. The molecule has 0 fully saturated rings. The highest BCUT2D eigenvalue weighted by molar-refractivity contribution is 6.76. The summed E-state index contributed by atoms with van der Waals surface area (Å²) in [6.45, 7) is 9.73. The first kappa shape index (κ1) is 11.5. The summed E-state index contributed by atoms with van der Waals surface area (Å²) >= 11 is 0. The van der Waals surface area contributed by atoms with Crippen molar-refractivity contribution in [3.8, 4) is 0 Å². The van der Waals surface area contributed by atoms with Crippen molar-refractivity contribution < 1.29 is 4.74 Å². The lowest BCUT2D eigenvalue weighted by Gasteiger charge is -2.21. The Kier molecular flexibility index (Phi) is 4.42. The van der Waals surface area contributed by atoms with E-state index >= 15 is 0 Å². The zero-order valence-electron chi connectivity index (χ0n) is 9.49. The number of hydrogen-bond acceptors (Lipinski definition) is 2. The summed E-state index contributed by atoms with van der Waals surface area (Å²) in [5.41, 5.74) is 0. The van der Waals surface area contributed by atoms with E-state index in [1.165, 1.54) is 6.04 Å². The smallest absolute Gasteiger partial charge is 0.118 e. The highest BCUT2D eigenvalue weighted by atomic mass is 28.3. The third-order valence-corrected chi connectivity index (χ3v) is 3.84. The predicted octanol–water partition coefficient (Wildman–Crippen LogP) is 2.68. The summed E-state index contributed by atoms with van der Waals surface area (Å²) in [7, 11) is -0.919. The Labute approximate surface area is 88.3 Å². The van der Waals surface area contributed by atoms with E-state index < -0.39 is 8.07 Å². The van der Waals surface area contributed by atoms with Crippen LogP contribution in [0, 0.1) is 0 Å². The average molecular weight is 211 g/mol. The predicted molar refractivity (Wildman–Crippen MR) is 64.0 cm³/mol. The standard InChI is InChI=1S/C11H21NOSi/c1-14(2,3)10-9-13-11-12-7-5-4-6-8-12/h4-7H,8-11H2,1-3H3. The maximum Gasteiger partial charge on any atom is 0.118 e. The molecule has 0 saturated carbocycles. The van der Waals surface area contributed by atoms with E-state index in [9.17, 15) is 0 Å². The average Bonchev–Trinajstić information content (AvgIpc) is 2.13. The molecule has 0 N–H and O–H groups in total. The Morgan fingerprint density at radius 1 is 1.29 bits per heavy atom. The van der Waals surface area contributed by atoms with Crippen LogP contribution in [0.4, 0.5) is 0 Å². The van der Waals surface area contributed by atoms with Gasteiger partial charge in [-0.1, -0.05) is 31.8 Å². The third kappa shape index (κ3) is 5.24. The minimum Gasteiger partial charge on any atom is -0.361 e. The van der Waals surface area contributed by atoms with Crippen molar-refractivity contribution in [3.05, 3.63) is 24.4 Å². The Morgan fingerprint density at radius 2 is 2.07 bits per heavy atom. The van der Waals surface area contributed by atoms with Crippen LogP contribution in [0.1, 0.15) is 0 Å². The molecule has 1 rings (SSSR count). The van der Waals surface area contributed by atoms with Gasteiger partial charge < -0.3 is 9.64 Å². The number of allylic oxidation sites excluding steroid dienone is 2. The van der Waals surface area contributed by atoms with E-state index in [1.54, 1.807) is 0 Å². The molecule has 0 aromatic heterocycles. The molecule has 0 saturated heterocycles. The lowest BCUT2D eigenvalue weighted by molar-refractivity contribution is 0.0673. The van der Waals surface area contributed by atoms with E-state index in [0.29, 0.717) is 0 Å². The van der Waals surface area contributed by atoms with Gasteiger partial charge in [-0.25, -0.2) is 0 Å². The van der Waals surface area contributed by atoms with Crippen LogP contribution in [0.3, 0.4) is 0 Å². The second-order valence-corrected chi connectivity index (χ2v) is 10.5. The Morgan fingerprint density at radius 3 is 2.64 bits per heavy atom. The molecule has 0 bridgehead atoms. The van der Waals surface area contributed by atoms with E-state index in [0.717, 1.165) is 19.9 Å². The van der Waals surface area contributed by atoms with Crippen LogP contribution >= 0.6 is 0 Å². The van der Waals surface area contributed by atoms with Crippen LogP contribution in [0.2, 0.25) is 25.7 Å². The monoisotopic (exact) mass is 211 g/mol. The first-order valence-electron chi connectivity index (χ1n) is 5.23. The zero-order chi connectivity index (χ0) is 10.4. The number of nitrogens with zero attached hydrogens (tertiary/aromatic N) is 1. The van der Waals surface area contributed by atoms with Gasteiger partial charge in [-0.15, -0.1) is 0 Å². The summed E-state index contributed by atoms with van der Waals surface area (Å²) in [6.07, 6.45) is 8.33. The van der Waals surface area contributed by atoms with Gasteiger partial charge in [-0.3, -0.25) is 0 Å². The molecule has 14 heavy (non-hydrogen) atoms.